The first-order chi connectivity index (χ1) is 22.1. The van der Waals surface area contributed by atoms with Crippen LogP contribution >= 0.6 is 15.9 Å². The van der Waals surface area contributed by atoms with E-state index in [1.165, 1.54) is 32.6 Å². The van der Waals surface area contributed by atoms with Crippen LogP contribution in [0.4, 0.5) is 9.18 Å². The van der Waals surface area contributed by atoms with Crippen molar-refractivity contribution >= 4 is 34.1 Å². The number of hydrogen-bond donors (Lipinski definition) is 4. The van der Waals surface area contributed by atoms with Crippen LogP contribution in [0.2, 0.25) is 0 Å². The Morgan fingerprint density at radius 1 is 1.09 bits per heavy atom. The van der Waals surface area contributed by atoms with E-state index in [1.54, 1.807) is 56.3 Å². The van der Waals surface area contributed by atoms with Gasteiger partial charge in [0.15, 0.2) is 29.2 Å². The van der Waals surface area contributed by atoms with Crippen LogP contribution in [0.1, 0.15) is 36.6 Å². The molecule has 2 amide bonds. The summed E-state index contributed by atoms with van der Waals surface area (Å²) in [5.74, 6) is 0.631. The lowest BCUT2D eigenvalue weighted by atomic mass is 9.95. The second-order valence-electron chi connectivity index (χ2n) is 9.86. The Hall–Kier alpha value is -4.82. The number of nitrogens with one attached hydrogen (secondary N) is 3. The number of aliphatic hydroxyl groups excluding tert-OH is 1. The topological polar surface area (TPSA) is 149 Å². The van der Waals surface area contributed by atoms with Gasteiger partial charge >= 0.3 is 12.0 Å². The normalized spacial score (nSPS) is 15.1. The molecule has 2 atom stereocenters. The highest BCUT2D eigenvalue weighted by Crippen LogP contribution is 2.35. The van der Waals surface area contributed by atoms with Crippen molar-refractivity contribution in [2.75, 3.05) is 27.4 Å². The average molecular weight is 702 g/mol. The quantitative estimate of drug-likeness (QED) is 0.0813. The number of esters is 1. The van der Waals surface area contributed by atoms with E-state index in [0.29, 0.717) is 56.5 Å². The van der Waals surface area contributed by atoms with Crippen LogP contribution in [0.3, 0.4) is 0 Å². The molecule has 1 aliphatic heterocycles. The number of carbonyl (C=O) groups is 2. The summed E-state index contributed by atoms with van der Waals surface area (Å²) in [7, 11) is 2.77. The first-order valence-corrected chi connectivity index (χ1v) is 14.9. The lowest BCUT2D eigenvalue weighted by Gasteiger charge is -2.28. The molecule has 0 saturated heterocycles. The summed E-state index contributed by atoms with van der Waals surface area (Å²) in [5, 5.41) is 19.9. The number of halogens is 2. The molecule has 0 spiro atoms. The molecule has 3 aromatic rings. The number of amides is 2. The molecule has 0 fully saturated rings. The first kappa shape index (κ1) is 34.1. The van der Waals surface area contributed by atoms with Gasteiger partial charge < -0.3 is 39.4 Å². The fraction of sp³-hybridized carbons (Fsp3) is 0.281. The number of allylic oxidation sites excluding steroid dienone is 1. The van der Waals surface area contributed by atoms with Crippen molar-refractivity contribution in [3.8, 4) is 23.0 Å². The average Bonchev–Trinajstić information content (AvgIpc) is 3.03. The minimum absolute atomic E-state index is 0.148. The molecule has 0 bridgehead atoms. The van der Waals surface area contributed by atoms with Crippen molar-refractivity contribution in [2.45, 2.75) is 32.7 Å². The third-order valence-electron chi connectivity index (χ3n) is 6.67. The Kier molecular flexibility index (Phi) is 11.8. The van der Waals surface area contributed by atoms with Crippen molar-refractivity contribution in [3.05, 3.63) is 92.8 Å². The molecular formula is C32H34BrFN4O8. The third-order valence-corrected chi connectivity index (χ3v) is 7.35. The highest BCUT2D eigenvalue weighted by molar-refractivity contribution is 9.10. The third kappa shape index (κ3) is 8.67. The number of hydrogen-bond acceptors (Lipinski definition) is 10. The fourth-order valence-electron chi connectivity index (χ4n) is 4.52. The Labute approximate surface area is 273 Å². The van der Waals surface area contributed by atoms with Crippen LogP contribution < -0.4 is 35.0 Å². The molecule has 244 valence electrons. The van der Waals surface area contributed by atoms with Gasteiger partial charge in [0.25, 0.3) is 0 Å². The Morgan fingerprint density at radius 3 is 2.59 bits per heavy atom. The number of hydrazone groups is 1. The van der Waals surface area contributed by atoms with Gasteiger partial charge in [-0.05, 0) is 77.3 Å². The van der Waals surface area contributed by atoms with Gasteiger partial charge in [0.05, 0.1) is 38.7 Å². The fourth-order valence-corrected chi connectivity index (χ4v) is 4.95. The smallest absolute Gasteiger partial charge is 0.337 e. The second-order valence-corrected chi connectivity index (χ2v) is 10.7. The molecular weight excluding hydrogens is 667 g/mol. The van der Waals surface area contributed by atoms with E-state index in [4.69, 9.17) is 23.7 Å². The highest BCUT2D eigenvalue weighted by atomic mass is 79.9. The molecule has 4 rings (SSSR count). The molecule has 0 unspecified atom stereocenters. The Bertz CT molecular complexity index is 1630. The molecule has 0 aromatic heterocycles. The molecule has 12 nitrogen and oxygen atoms in total. The second kappa shape index (κ2) is 16.0. The van der Waals surface area contributed by atoms with Crippen LogP contribution in [-0.2, 0) is 16.1 Å². The van der Waals surface area contributed by atoms with E-state index in [0.717, 1.165) is 0 Å². The predicted molar refractivity (Wildman–Crippen MR) is 170 cm³/mol. The maximum absolute atomic E-state index is 13.5. The van der Waals surface area contributed by atoms with Crippen molar-refractivity contribution in [3.63, 3.8) is 0 Å². The number of benzene rings is 3. The molecule has 14 heteroatoms. The predicted octanol–water partition coefficient (Wildman–Crippen LogP) is 4.70. The minimum atomic E-state index is -1.19. The summed E-state index contributed by atoms with van der Waals surface area (Å²) in [4.78, 5) is 24.6. The molecule has 3 aromatic carbocycles. The van der Waals surface area contributed by atoms with E-state index in [2.05, 4.69) is 37.1 Å². The zero-order valence-electron chi connectivity index (χ0n) is 25.6. The van der Waals surface area contributed by atoms with E-state index < -0.39 is 24.3 Å². The van der Waals surface area contributed by atoms with Crippen molar-refractivity contribution < 1.29 is 42.8 Å². The molecule has 1 aliphatic rings. The van der Waals surface area contributed by atoms with E-state index in [1.807, 2.05) is 0 Å². The van der Waals surface area contributed by atoms with Gasteiger partial charge in [-0.25, -0.2) is 14.0 Å². The van der Waals surface area contributed by atoms with Gasteiger partial charge in [-0.1, -0.05) is 18.2 Å². The standard InChI is InChI=1S/C32H34BrFN4O8/c1-5-44-26-12-20(30-29(31(40)43-4)18(2)36-32(41)37-30)9-10-24(26)46-17-28(39)38-35-15-21-13-25(42-3)27(14-23(21)33)45-16-19-7-6-8-22(34)11-19/h6-15,28,30,38-39H,5,16-17H2,1-4H3,(H2,36,37,41)/b35-15-/t28-,30-/m0/s1. The summed E-state index contributed by atoms with van der Waals surface area (Å²) in [6.07, 6.45) is 0.286. The number of methoxy groups -OCH3 is 2. The van der Waals surface area contributed by atoms with Crippen LogP contribution in [0.5, 0.6) is 23.0 Å². The Morgan fingerprint density at radius 2 is 1.87 bits per heavy atom. The van der Waals surface area contributed by atoms with Crippen molar-refractivity contribution in [2.24, 2.45) is 5.10 Å². The summed E-state index contributed by atoms with van der Waals surface area (Å²) in [6, 6.07) is 13.3. The first-order valence-electron chi connectivity index (χ1n) is 14.1. The summed E-state index contributed by atoms with van der Waals surface area (Å²) < 4.78 is 41.9. The minimum Gasteiger partial charge on any atom is -0.493 e. The maximum Gasteiger partial charge on any atom is 0.337 e. The number of carbonyl (C=O) groups excluding carboxylic acids is 2. The number of nitrogens with zero attached hydrogens (tertiary/aromatic N) is 1. The molecule has 46 heavy (non-hydrogen) atoms. The summed E-state index contributed by atoms with van der Waals surface area (Å²) >= 11 is 3.49. The highest BCUT2D eigenvalue weighted by Gasteiger charge is 2.32. The van der Waals surface area contributed by atoms with Gasteiger partial charge in [0.2, 0.25) is 0 Å². The lowest BCUT2D eigenvalue weighted by Crippen LogP contribution is -2.45. The van der Waals surface area contributed by atoms with Crippen LogP contribution in [-0.4, -0.2) is 57.0 Å². The number of rotatable bonds is 14. The van der Waals surface area contributed by atoms with Crippen molar-refractivity contribution in [1.29, 1.82) is 0 Å². The SMILES string of the molecule is CCOc1cc([C@@H]2NC(=O)NC(C)=C2C(=O)OC)ccc1OC[C@H](O)N/N=C\c1cc(OC)c(OCc2cccc(F)c2)cc1Br. The lowest BCUT2D eigenvalue weighted by molar-refractivity contribution is -0.136. The van der Waals surface area contributed by atoms with Crippen molar-refractivity contribution in [1.82, 2.24) is 16.1 Å². The van der Waals surface area contributed by atoms with Gasteiger partial charge in [0, 0.05) is 15.7 Å². The molecule has 0 aliphatic carbocycles. The molecule has 1 heterocycles. The monoisotopic (exact) mass is 700 g/mol. The summed E-state index contributed by atoms with van der Waals surface area (Å²) in [6.45, 7) is 3.69. The van der Waals surface area contributed by atoms with Gasteiger partial charge in [-0.3, -0.25) is 5.43 Å². The maximum atomic E-state index is 13.5. The van der Waals surface area contributed by atoms with Crippen LogP contribution in [0.15, 0.2) is 75.4 Å². The Balaban J connectivity index is 1.39. The molecule has 4 N–H and O–H groups in total. The van der Waals surface area contributed by atoms with Gasteiger partial charge in [-0.2, -0.15) is 5.10 Å². The number of ether oxygens (including phenoxy) is 5. The summed E-state index contributed by atoms with van der Waals surface area (Å²) in [5.41, 5.74) is 5.10. The number of aliphatic hydroxyl groups is 1. The largest absolute Gasteiger partial charge is 0.493 e. The van der Waals surface area contributed by atoms with Crippen LogP contribution in [0, 0.1) is 5.82 Å². The zero-order chi connectivity index (χ0) is 33.2. The van der Waals surface area contributed by atoms with Crippen LogP contribution in [0.25, 0.3) is 0 Å². The van der Waals surface area contributed by atoms with Gasteiger partial charge in [-0.15, -0.1) is 0 Å². The van der Waals surface area contributed by atoms with E-state index >= 15 is 0 Å². The number of urea groups is 1. The zero-order valence-corrected chi connectivity index (χ0v) is 27.1. The van der Waals surface area contributed by atoms with Gasteiger partial charge in [0.1, 0.15) is 19.0 Å². The van der Waals surface area contributed by atoms with E-state index in [-0.39, 0.29) is 24.6 Å². The molecule has 0 radical (unpaired) electrons. The molecule has 0 saturated carbocycles. The van der Waals surface area contributed by atoms with E-state index in [9.17, 15) is 19.1 Å².